The molecule has 0 aliphatic carbocycles. The van der Waals surface area contributed by atoms with Crippen LogP contribution in [0.4, 0.5) is 5.69 Å². The lowest BCUT2D eigenvalue weighted by atomic mass is 10.2. The molecule has 2 amide bonds. The number of nitrogens with one attached hydrogen (secondary N) is 1. The maximum Gasteiger partial charge on any atom is 0.274 e. The predicted molar refractivity (Wildman–Crippen MR) is 108 cm³/mol. The Balaban J connectivity index is 0.00000338. The average molecular weight is 397 g/mol. The van der Waals surface area contributed by atoms with Gasteiger partial charge in [-0.3, -0.25) is 9.59 Å². The van der Waals surface area contributed by atoms with Gasteiger partial charge in [0.05, 0.1) is 5.01 Å². The standard InChI is InChI=1S/C18H24N4O2S.ClH/c1-3-11-22(18(24)15-12-25-16(21-15)9-10-19)13(2)17(23)20-14-7-5-4-6-8-14;/h4-8,12-13H,3,9-11,19H2,1-2H3,(H,20,23);1H. The zero-order chi connectivity index (χ0) is 18.2. The van der Waals surface area contributed by atoms with Crippen molar-refractivity contribution in [3.8, 4) is 0 Å². The number of thiazole rings is 1. The van der Waals surface area contributed by atoms with E-state index in [1.807, 2.05) is 37.3 Å². The van der Waals surface area contributed by atoms with Gasteiger partial charge < -0.3 is 16.0 Å². The molecule has 26 heavy (non-hydrogen) atoms. The molecule has 1 unspecified atom stereocenters. The molecule has 2 aromatic rings. The Morgan fingerprint density at radius 1 is 1.31 bits per heavy atom. The molecule has 0 bridgehead atoms. The van der Waals surface area contributed by atoms with Crippen molar-refractivity contribution < 1.29 is 9.59 Å². The van der Waals surface area contributed by atoms with Crippen LogP contribution in [0, 0.1) is 0 Å². The van der Waals surface area contributed by atoms with Crippen LogP contribution in [0.25, 0.3) is 0 Å². The molecule has 0 radical (unpaired) electrons. The smallest absolute Gasteiger partial charge is 0.274 e. The van der Waals surface area contributed by atoms with Crippen LogP contribution in [0.1, 0.15) is 35.8 Å². The van der Waals surface area contributed by atoms with E-state index in [1.54, 1.807) is 17.2 Å². The first-order valence-corrected chi connectivity index (χ1v) is 9.26. The molecule has 1 heterocycles. The lowest BCUT2D eigenvalue weighted by Crippen LogP contribution is -2.46. The number of halogens is 1. The molecule has 0 aliphatic heterocycles. The molecule has 142 valence electrons. The van der Waals surface area contributed by atoms with Crippen molar-refractivity contribution in [1.82, 2.24) is 9.88 Å². The lowest BCUT2D eigenvalue weighted by Gasteiger charge is -2.27. The first-order chi connectivity index (χ1) is 12.1. The number of carbonyl (C=O) groups excluding carboxylic acids is 2. The van der Waals surface area contributed by atoms with E-state index < -0.39 is 6.04 Å². The second-order valence-corrected chi connectivity index (χ2v) is 6.64. The zero-order valence-electron chi connectivity index (χ0n) is 15.0. The van der Waals surface area contributed by atoms with E-state index in [0.717, 1.165) is 11.4 Å². The zero-order valence-corrected chi connectivity index (χ0v) is 16.6. The summed E-state index contributed by atoms with van der Waals surface area (Å²) in [5.74, 6) is -0.442. The first kappa shape index (κ1) is 22.1. The number of hydrogen-bond acceptors (Lipinski definition) is 5. The third-order valence-electron chi connectivity index (χ3n) is 3.74. The van der Waals surface area contributed by atoms with Crippen molar-refractivity contribution in [1.29, 1.82) is 0 Å². The van der Waals surface area contributed by atoms with Gasteiger partial charge in [0.25, 0.3) is 5.91 Å². The van der Waals surface area contributed by atoms with Crippen LogP contribution in [0.15, 0.2) is 35.7 Å². The van der Waals surface area contributed by atoms with E-state index >= 15 is 0 Å². The summed E-state index contributed by atoms with van der Waals surface area (Å²) in [6.45, 7) is 4.70. The maximum absolute atomic E-state index is 12.8. The minimum Gasteiger partial charge on any atom is -0.330 e. The molecule has 1 atom stereocenters. The Labute approximate surface area is 164 Å². The highest BCUT2D eigenvalue weighted by molar-refractivity contribution is 7.09. The van der Waals surface area contributed by atoms with Crippen LogP contribution in [0.3, 0.4) is 0 Å². The van der Waals surface area contributed by atoms with E-state index in [9.17, 15) is 9.59 Å². The van der Waals surface area contributed by atoms with Crippen LogP contribution in [0.5, 0.6) is 0 Å². The summed E-state index contributed by atoms with van der Waals surface area (Å²) >= 11 is 1.42. The van der Waals surface area contributed by atoms with Crippen LogP contribution >= 0.6 is 23.7 Å². The van der Waals surface area contributed by atoms with Crippen molar-refractivity contribution in [2.24, 2.45) is 5.73 Å². The second-order valence-electron chi connectivity index (χ2n) is 5.69. The highest BCUT2D eigenvalue weighted by Crippen LogP contribution is 2.15. The monoisotopic (exact) mass is 396 g/mol. The summed E-state index contributed by atoms with van der Waals surface area (Å²) in [5.41, 5.74) is 6.62. The number of amides is 2. The minimum atomic E-state index is -0.590. The first-order valence-electron chi connectivity index (χ1n) is 8.38. The molecule has 0 saturated carbocycles. The SMILES string of the molecule is CCCN(C(=O)c1csc(CCN)n1)C(C)C(=O)Nc1ccccc1.Cl. The Bertz CT molecular complexity index is 708. The van der Waals surface area contributed by atoms with Gasteiger partial charge in [0.2, 0.25) is 5.91 Å². The number of aromatic nitrogens is 1. The maximum atomic E-state index is 12.8. The summed E-state index contributed by atoms with van der Waals surface area (Å²) < 4.78 is 0. The fraction of sp³-hybridized carbons (Fsp3) is 0.389. The number of anilines is 1. The highest BCUT2D eigenvalue weighted by atomic mass is 35.5. The molecule has 0 saturated heterocycles. The summed E-state index contributed by atoms with van der Waals surface area (Å²) in [5, 5.41) is 5.42. The summed E-state index contributed by atoms with van der Waals surface area (Å²) in [7, 11) is 0. The van der Waals surface area contributed by atoms with Crippen LogP contribution in [-0.2, 0) is 11.2 Å². The molecule has 6 nitrogen and oxygen atoms in total. The number of hydrogen-bond donors (Lipinski definition) is 2. The van der Waals surface area contributed by atoms with Crippen molar-refractivity contribution >= 4 is 41.2 Å². The molecule has 2 rings (SSSR count). The molecule has 8 heteroatoms. The van der Waals surface area contributed by atoms with Crippen LogP contribution in [-0.4, -0.2) is 40.8 Å². The molecular formula is C18H25ClN4O2S. The molecule has 0 aliphatic rings. The van der Waals surface area contributed by atoms with Gasteiger partial charge in [-0.1, -0.05) is 25.1 Å². The van der Waals surface area contributed by atoms with Gasteiger partial charge in [-0.2, -0.15) is 0 Å². The fourth-order valence-electron chi connectivity index (χ4n) is 2.42. The summed E-state index contributed by atoms with van der Waals surface area (Å²) in [4.78, 5) is 31.3. The number of para-hydroxylation sites is 1. The molecule has 1 aromatic heterocycles. The Morgan fingerprint density at radius 3 is 2.62 bits per heavy atom. The van der Waals surface area contributed by atoms with Gasteiger partial charge in [-0.15, -0.1) is 23.7 Å². The minimum absolute atomic E-state index is 0. The van der Waals surface area contributed by atoms with Gasteiger partial charge in [0.15, 0.2) is 0 Å². The van der Waals surface area contributed by atoms with Gasteiger partial charge >= 0.3 is 0 Å². The summed E-state index contributed by atoms with van der Waals surface area (Å²) in [6.07, 6.45) is 1.41. The predicted octanol–water partition coefficient (Wildman–Crippen LogP) is 2.95. The number of rotatable bonds is 8. The molecule has 3 N–H and O–H groups in total. The molecular weight excluding hydrogens is 372 g/mol. The molecule has 0 spiro atoms. The molecule has 1 aromatic carbocycles. The number of nitrogens with two attached hydrogens (primary N) is 1. The topological polar surface area (TPSA) is 88.3 Å². The van der Waals surface area contributed by atoms with Gasteiger partial charge in [-0.05, 0) is 32.0 Å². The quantitative estimate of drug-likeness (QED) is 0.717. The van der Waals surface area contributed by atoms with Crippen molar-refractivity contribution in [3.63, 3.8) is 0 Å². The van der Waals surface area contributed by atoms with Gasteiger partial charge in [0.1, 0.15) is 11.7 Å². The average Bonchev–Trinajstić information content (AvgIpc) is 3.08. The third kappa shape index (κ3) is 5.79. The van der Waals surface area contributed by atoms with Gasteiger partial charge in [-0.25, -0.2) is 4.98 Å². The number of nitrogens with zero attached hydrogens (tertiary/aromatic N) is 2. The number of carbonyl (C=O) groups is 2. The Morgan fingerprint density at radius 2 is 2.00 bits per heavy atom. The van der Waals surface area contributed by atoms with E-state index in [0.29, 0.717) is 30.9 Å². The van der Waals surface area contributed by atoms with E-state index in [2.05, 4.69) is 10.3 Å². The Hall–Kier alpha value is -1.96. The fourth-order valence-corrected chi connectivity index (χ4v) is 3.20. The highest BCUT2D eigenvalue weighted by Gasteiger charge is 2.27. The van der Waals surface area contributed by atoms with Crippen molar-refractivity contribution in [3.05, 3.63) is 46.4 Å². The normalized spacial score (nSPS) is 11.3. The van der Waals surface area contributed by atoms with Crippen LogP contribution in [0.2, 0.25) is 0 Å². The van der Waals surface area contributed by atoms with E-state index in [1.165, 1.54) is 11.3 Å². The van der Waals surface area contributed by atoms with Crippen LogP contribution < -0.4 is 11.1 Å². The van der Waals surface area contributed by atoms with E-state index in [-0.39, 0.29) is 24.2 Å². The van der Waals surface area contributed by atoms with Crippen molar-refractivity contribution in [2.75, 3.05) is 18.4 Å². The second kappa shape index (κ2) is 10.9. The van der Waals surface area contributed by atoms with E-state index in [4.69, 9.17) is 5.73 Å². The van der Waals surface area contributed by atoms with Gasteiger partial charge in [0, 0.05) is 24.0 Å². The van der Waals surface area contributed by atoms with Crippen molar-refractivity contribution in [2.45, 2.75) is 32.7 Å². The third-order valence-corrected chi connectivity index (χ3v) is 4.65. The Kier molecular flexibility index (Phi) is 9.26. The lowest BCUT2D eigenvalue weighted by molar-refractivity contribution is -0.120. The molecule has 0 fully saturated rings. The number of benzene rings is 1. The largest absolute Gasteiger partial charge is 0.330 e. The summed E-state index contributed by atoms with van der Waals surface area (Å²) in [6, 6.07) is 8.62.